The molecule has 0 radical (unpaired) electrons. The van der Waals surface area contributed by atoms with Crippen molar-refractivity contribution >= 4 is 9.47 Å². The van der Waals surface area contributed by atoms with E-state index in [0.29, 0.717) is 5.92 Å². The van der Waals surface area contributed by atoms with Gasteiger partial charge in [0.2, 0.25) is 0 Å². The lowest BCUT2D eigenvalue weighted by molar-refractivity contribution is 0.352. The summed E-state index contributed by atoms with van der Waals surface area (Å²) in [6.07, 6.45) is 3.27. The second kappa shape index (κ2) is 9.54. The minimum atomic E-state index is 0.372. The van der Waals surface area contributed by atoms with Crippen molar-refractivity contribution in [1.29, 1.82) is 0 Å². The second-order valence-electron chi connectivity index (χ2n) is 5.47. The smallest absolute Gasteiger partial charge is 0.118 e. The predicted molar refractivity (Wildman–Crippen MR) is 97.3 cm³/mol. The molecule has 0 saturated heterocycles. The summed E-state index contributed by atoms with van der Waals surface area (Å²) in [6.45, 7) is 0.780. The Bertz CT molecular complexity index is 519. The molecular formula is C19H25O3P. The summed E-state index contributed by atoms with van der Waals surface area (Å²) in [4.78, 5) is 0. The van der Waals surface area contributed by atoms with Gasteiger partial charge in [-0.05, 0) is 48.2 Å². The minimum absolute atomic E-state index is 0.372. The summed E-state index contributed by atoms with van der Waals surface area (Å²) >= 11 is 0. The Labute approximate surface area is 141 Å². The molecule has 0 spiro atoms. The maximum absolute atomic E-state index is 5.26. The second-order valence-corrected chi connectivity index (χ2v) is 5.80. The third-order valence-corrected chi connectivity index (χ3v) is 4.28. The highest BCUT2D eigenvalue weighted by molar-refractivity contribution is 7.09. The molecule has 23 heavy (non-hydrogen) atoms. The molecule has 0 amide bonds. The normalized spacial score (nSPS) is 10.8. The summed E-state index contributed by atoms with van der Waals surface area (Å²) in [6, 6.07) is 16.7. The number of ether oxygens (including phenoxy) is 2. The van der Waals surface area contributed by atoms with Crippen molar-refractivity contribution < 1.29 is 14.0 Å². The number of hydrogen-bond acceptors (Lipinski definition) is 3. The van der Waals surface area contributed by atoms with Gasteiger partial charge in [-0.1, -0.05) is 30.7 Å². The molecule has 0 heterocycles. The predicted octanol–water partition coefficient (Wildman–Crippen LogP) is 4.81. The minimum Gasteiger partial charge on any atom is -0.497 e. The molecule has 0 bridgehead atoms. The van der Waals surface area contributed by atoms with Crippen LogP contribution in [0.2, 0.25) is 0 Å². The maximum atomic E-state index is 5.26. The van der Waals surface area contributed by atoms with Crippen LogP contribution in [0.1, 0.15) is 36.3 Å². The van der Waals surface area contributed by atoms with Crippen molar-refractivity contribution in [2.45, 2.75) is 25.2 Å². The molecule has 3 nitrogen and oxygen atoms in total. The van der Waals surface area contributed by atoms with Gasteiger partial charge in [0.15, 0.2) is 0 Å². The lowest BCUT2D eigenvalue weighted by atomic mass is 9.87. The molecule has 4 heteroatoms. The van der Waals surface area contributed by atoms with E-state index >= 15 is 0 Å². The van der Waals surface area contributed by atoms with Gasteiger partial charge in [0.1, 0.15) is 11.5 Å². The summed E-state index contributed by atoms with van der Waals surface area (Å²) in [5.74, 6) is 2.15. The Hall–Kier alpha value is -1.57. The first kappa shape index (κ1) is 17.8. The zero-order valence-electron chi connectivity index (χ0n) is 13.8. The van der Waals surface area contributed by atoms with E-state index in [2.05, 4.69) is 33.7 Å². The lowest BCUT2D eigenvalue weighted by Gasteiger charge is -2.19. The molecular weight excluding hydrogens is 307 g/mol. The quantitative estimate of drug-likeness (QED) is 0.487. The fourth-order valence-electron chi connectivity index (χ4n) is 2.73. The molecule has 2 aromatic rings. The van der Waals surface area contributed by atoms with Gasteiger partial charge in [0.05, 0.1) is 20.8 Å². The van der Waals surface area contributed by atoms with E-state index in [4.69, 9.17) is 14.0 Å². The van der Waals surface area contributed by atoms with Gasteiger partial charge in [-0.3, -0.25) is 0 Å². The monoisotopic (exact) mass is 332 g/mol. The zero-order chi connectivity index (χ0) is 16.5. The third-order valence-electron chi connectivity index (χ3n) is 4.04. The van der Waals surface area contributed by atoms with E-state index in [1.807, 2.05) is 24.3 Å². The average Bonchev–Trinajstić information content (AvgIpc) is 2.62. The molecule has 0 aromatic heterocycles. The Morgan fingerprint density at radius 3 is 1.65 bits per heavy atom. The van der Waals surface area contributed by atoms with Gasteiger partial charge < -0.3 is 14.0 Å². The molecule has 2 rings (SSSR count). The maximum Gasteiger partial charge on any atom is 0.118 e. The number of rotatable bonds is 9. The van der Waals surface area contributed by atoms with E-state index in [-0.39, 0.29) is 0 Å². The first-order chi connectivity index (χ1) is 11.3. The standard InChI is InChI=1S/C19H25O3P/c1-20-17-10-6-15(7-11-17)19(5-3-4-14-22-23)16-8-12-18(21-2)13-9-16/h6-13,19H,3-5,14,23H2,1-2H3. The van der Waals surface area contributed by atoms with Crippen LogP contribution in [0.25, 0.3) is 0 Å². The van der Waals surface area contributed by atoms with E-state index in [0.717, 1.165) is 37.4 Å². The topological polar surface area (TPSA) is 27.7 Å². The molecule has 124 valence electrons. The highest BCUT2D eigenvalue weighted by atomic mass is 31.0. The first-order valence-electron chi connectivity index (χ1n) is 7.88. The van der Waals surface area contributed by atoms with Gasteiger partial charge >= 0.3 is 0 Å². The largest absolute Gasteiger partial charge is 0.497 e. The molecule has 1 atom stereocenters. The van der Waals surface area contributed by atoms with Gasteiger partial charge in [0, 0.05) is 15.4 Å². The SMILES string of the molecule is COc1ccc(C(CCCCOP)c2ccc(OC)cc2)cc1. The van der Waals surface area contributed by atoms with Crippen LogP contribution in [0.5, 0.6) is 11.5 Å². The van der Waals surface area contributed by atoms with Crippen LogP contribution >= 0.6 is 9.47 Å². The summed E-state index contributed by atoms with van der Waals surface area (Å²) in [5, 5.41) is 0. The highest BCUT2D eigenvalue weighted by Gasteiger charge is 2.14. The van der Waals surface area contributed by atoms with Crippen molar-refractivity contribution in [3.63, 3.8) is 0 Å². The zero-order valence-corrected chi connectivity index (χ0v) is 15.0. The van der Waals surface area contributed by atoms with Crippen LogP contribution in [0.4, 0.5) is 0 Å². The van der Waals surface area contributed by atoms with E-state index in [9.17, 15) is 0 Å². The van der Waals surface area contributed by atoms with E-state index in [1.54, 1.807) is 14.2 Å². The molecule has 0 aliphatic heterocycles. The third kappa shape index (κ3) is 5.23. The number of benzene rings is 2. The Morgan fingerprint density at radius 1 is 0.783 bits per heavy atom. The van der Waals surface area contributed by atoms with Crippen LogP contribution < -0.4 is 9.47 Å². The molecule has 2 aromatic carbocycles. The van der Waals surface area contributed by atoms with Crippen molar-refractivity contribution in [1.82, 2.24) is 0 Å². The fraction of sp³-hybridized carbons (Fsp3) is 0.368. The van der Waals surface area contributed by atoms with E-state index < -0.39 is 0 Å². The number of methoxy groups -OCH3 is 2. The Morgan fingerprint density at radius 2 is 1.26 bits per heavy atom. The average molecular weight is 332 g/mol. The van der Waals surface area contributed by atoms with Gasteiger partial charge in [0.25, 0.3) is 0 Å². The van der Waals surface area contributed by atoms with Crippen molar-refractivity contribution in [2.75, 3.05) is 20.8 Å². The van der Waals surface area contributed by atoms with Crippen molar-refractivity contribution in [3.8, 4) is 11.5 Å². The van der Waals surface area contributed by atoms with Crippen LogP contribution in [-0.2, 0) is 4.52 Å². The fourth-order valence-corrected chi connectivity index (χ4v) is 2.90. The lowest BCUT2D eigenvalue weighted by Crippen LogP contribution is -2.02. The van der Waals surface area contributed by atoms with Crippen LogP contribution in [-0.4, -0.2) is 20.8 Å². The van der Waals surface area contributed by atoms with Gasteiger partial charge in [-0.25, -0.2) is 0 Å². The van der Waals surface area contributed by atoms with Crippen LogP contribution in [0, 0.1) is 0 Å². The van der Waals surface area contributed by atoms with Crippen molar-refractivity contribution in [3.05, 3.63) is 59.7 Å². The Balaban J connectivity index is 2.18. The number of hydrogen-bond donors (Lipinski definition) is 0. The number of unbranched alkanes of at least 4 members (excludes halogenated alkanes) is 1. The molecule has 0 N–H and O–H groups in total. The Kier molecular flexibility index (Phi) is 7.38. The summed E-state index contributed by atoms with van der Waals surface area (Å²) in [7, 11) is 5.70. The molecule has 0 aliphatic carbocycles. The molecule has 0 saturated carbocycles. The van der Waals surface area contributed by atoms with Gasteiger partial charge in [-0.2, -0.15) is 0 Å². The van der Waals surface area contributed by atoms with Crippen LogP contribution in [0.3, 0.4) is 0 Å². The molecule has 0 fully saturated rings. The van der Waals surface area contributed by atoms with Crippen molar-refractivity contribution in [2.24, 2.45) is 0 Å². The van der Waals surface area contributed by atoms with Crippen LogP contribution in [0.15, 0.2) is 48.5 Å². The molecule has 1 unspecified atom stereocenters. The highest BCUT2D eigenvalue weighted by Crippen LogP contribution is 2.32. The first-order valence-corrected chi connectivity index (χ1v) is 8.35. The van der Waals surface area contributed by atoms with Gasteiger partial charge in [-0.15, -0.1) is 0 Å². The summed E-state index contributed by atoms with van der Waals surface area (Å²) in [5.41, 5.74) is 2.62. The summed E-state index contributed by atoms with van der Waals surface area (Å²) < 4.78 is 15.6. The molecule has 0 aliphatic rings. The van der Waals surface area contributed by atoms with E-state index in [1.165, 1.54) is 11.1 Å².